The fourth-order valence-corrected chi connectivity index (χ4v) is 4.57. The molecular formula is C21H22N4O3S. The predicted octanol–water partition coefficient (Wildman–Crippen LogP) is 2.30. The van der Waals surface area contributed by atoms with Gasteiger partial charge in [-0.3, -0.25) is 14.4 Å². The summed E-state index contributed by atoms with van der Waals surface area (Å²) in [7, 11) is 0. The van der Waals surface area contributed by atoms with Crippen molar-refractivity contribution >= 4 is 34.7 Å². The van der Waals surface area contributed by atoms with Gasteiger partial charge in [0.15, 0.2) is 0 Å². The zero-order chi connectivity index (χ0) is 20.7. The zero-order valence-corrected chi connectivity index (χ0v) is 16.7. The third-order valence-corrected chi connectivity index (χ3v) is 6.26. The van der Waals surface area contributed by atoms with Crippen molar-refractivity contribution < 1.29 is 14.4 Å². The number of carbonyl (C=O) groups excluding carboxylic acids is 3. The monoisotopic (exact) mass is 410 g/mol. The third-order valence-electron chi connectivity index (χ3n) is 5.14. The Morgan fingerprint density at radius 2 is 1.79 bits per heavy atom. The van der Waals surface area contributed by atoms with E-state index < -0.39 is 11.8 Å². The fourth-order valence-electron chi connectivity index (χ4n) is 3.58. The molecule has 0 bridgehead atoms. The molecule has 0 atom stereocenters. The smallest absolute Gasteiger partial charge is 0.313 e. The van der Waals surface area contributed by atoms with Crippen molar-refractivity contribution in [2.45, 2.75) is 31.1 Å². The molecule has 1 aromatic carbocycles. The summed E-state index contributed by atoms with van der Waals surface area (Å²) < 4.78 is 0. The summed E-state index contributed by atoms with van der Waals surface area (Å²) >= 11 is 1.70. The Balaban J connectivity index is 1.48. The van der Waals surface area contributed by atoms with E-state index in [1.807, 2.05) is 17.5 Å². The van der Waals surface area contributed by atoms with Gasteiger partial charge < -0.3 is 16.0 Å². The molecule has 1 saturated carbocycles. The van der Waals surface area contributed by atoms with Gasteiger partial charge in [-0.05, 0) is 36.4 Å². The minimum atomic E-state index is -0.929. The minimum absolute atomic E-state index is 0.0355. The van der Waals surface area contributed by atoms with Gasteiger partial charge in [-0.2, -0.15) is 5.26 Å². The van der Waals surface area contributed by atoms with Crippen LogP contribution in [-0.2, 0) is 19.8 Å². The average molecular weight is 410 g/mol. The van der Waals surface area contributed by atoms with Crippen molar-refractivity contribution in [2.24, 2.45) is 0 Å². The van der Waals surface area contributed by atoms with Crippen LogP contribution in [0.2, 0.25) is 0 Å². The molecule has 8 heteroatoms. The number of benzene rings is 1. The SMILES string of the molecule is N#Cc1ccccc1NC(=O)C(=O)NCC(=O)NCC1(c2cccs2)CCCC1. The molecule has 0 saturated heterocycles. The Hall–Kier alpha value is -3.18. The average Bonchev–Trinajstić information content (AvgIpc) is 3.43. The molecule has 7 nitrogen and oxygen atoms in total. The van der Waals surface area contributed by atoms with Gasteiger partial charge >= 0.3 is 11.8 Å². The van der Waals surface area contributed by atoms with Gasteiger partial charge in [-0.15, -0.1) is 11.3 Å². The number of anilines is 1. The summed E-state index contributed by atoms with van der Waals surface area (Å²) in [4.78, 5) is 37.5. The highest BCUT2D eigenvalue weighted by Gasteiger charge is 2.36. The van der Waals surface area contributed by atoms with E-state index in [1.165, 1.54) is 17.0 Å². The van der Waals surface area contributed by atoms with E-state index in [2.05, 4.69) is 22.0 Å². The Morgan fingerprint density at radius 1 is 1.03 bits per heavy atom. The van der Waals surface area contributed by atoms with E-state index in [4.69, 9.17) is 5.26 Å². The Kier molecular flexibility index (Phi) is 6.62. The molecule has 2 aromatic rings. The Morgan fingerprint density at radius 3 is 2.48 bits per heavy atom. The second kappa shape index (κ2) is 9.34. The summed E-state index contributed by atoms with van der Waals surface area (Å²) in [6, 6.07) is 12.4. The van der Waals surface area contributed by atoms with Gasteiger partial charge in [0.2, 0.25) is 5.91 Å². The number of carbonyl (C=O) groups is 3. The molecule has 0 unspecified atom stereocenters. The number of nitriles is 1. The van der Waals surface area contributed by atoms with Crippen LogP contribution in [-0.4, -0.2) is 30.8 Å². The van der Waals surface area contributed by atoms with E-state index in [-0.39, 0.29) is 29.1 Å². The first-order valence-electron chi connectivity index (χ1n) is 9.43. The summed E-state index contributed by atoms with van der Waals surface area (Å²) in [5.41, 5.74) is 0.465. The maximum Gasteiger partial charge on any atom is 0.313 e. The van der Waals surface area contributed by atoms with E-state index in [0.717, 1.165) is 25.7 Å². The first-order chi connectivity index (χ1) is 14.0. The number of rotatable bonds is 6. The molecule has 1 aliphatic carbocycles. The summed E-state index contributed by atoms with van der Waals surface area (Å²) in [5, 5.41) is 18.7. The summed E-state index contributed by atoms with van der Waals surface area (Å²) in [6.45, 7) is 0.233. The number of nitrogens with one attached hydrogen (secondary N) is 3. The maximum atomic E-state index is 12.2. The van der Waals surface area contributed by atoms with Gasteiger partial charge in [0.1, 0.15) is 6.07 Å². The molecule has 3 N–H and O–H groups in total. The van der Waals surface area contributed by atoms with Crippen molar-refractivity contribution in [1.82, 2.24) is 10.6 Å². The molecule has 29 heavy (non-hydrogen) atoms. The van der Waals surface area contributed by atoms with Gasteiger partial charge in [0, 0.05) is 16.8 Å². The minimum Gasteiger partial charge on any atom is -0.354 e. The van der Waals surface area contributed by atoms with Gasteiger partial charge in [-0.25, -0.2) is 0 Å². The summed E-state index contributed by atoms with van der Waals surface area (Å²) in [5.74, 6) is -2.19. The van der Waals surface area contributed by atoms with Crippen LogP contribution in [0.3, 0.4) is 0 Å². The van der Waals surface area contributed by atoms with Crippen LogP contribution in [0.25, 0.3) is 0 Å². The highest BCUT2D eigenvalue weighted by molar-refractivity contribution is 7.10. The number of thiophene rings is 1. The quantitative estimate of drug-likeness (QED) is 0.635. The molecule has 3 rings (SSSR count). The van der Waals surface area contributed by atoms with Crippen molar-refractivity contribution in [3.63, 3.8) is 0 Å². The van der Waals surface area contributed by atoms with Crippen LogP contribution in [0.15, 0.2) is 41.8 Å². The van der Waals surface area contributed by atoms with Gasteiger partial charge in [0.25, 0.3) is 0 Å². The van der Waals surface area contributed by atoms with Crippen LogP contribution >= 0.6 is 11.3 Å². The molecule has 3 amide bonds. The van der Waals surface area contributed by atoms with Gasteiger partial charge in [-0.1, -0.05) is 31.0 Å². The largest absolute Gasteiger partial charge is 0.354 e. The number of hydrogen-bond donors (Lipinski definition) is 3. The van der Waals surface area contributed by atoms with Crippen molar-refractivity contribution in [3.05, 3.63) is 52.2 Å². The third kappa shape index (κ3) is 5.00. The normalized spacial score (nSPS) is 14.6. The predicted molar refractivity (Wildman–Crippen MR) is 110 cm³/mol. The van der Waals surface area contributed by atoms with Crippen LogP contribution in [0.5, 0.6) is 0 Å². The first kappa shape index (κ1) is 20.6. The maximum absolute atomic E-state index is 12.2. The van der Waals surface area contributed by atoms with Gasteiger partial charge in [0.05, 0.1) is 17.8 Å². The molecule has 1 fully saturated rings. The molecule has 0 spiro atoms. The molecule has 1 heterocycles. The zero-order valence-electron chi connectivity index (χ0n) is 15.9. The molecule has 150 valence electrons. The van der Waals surface area contributed by atoms with E-state index >= 15 is 0 Å². The molecule has 0 radical (unpaired) electrons. The van der Waals surface area contributed by atoms with E-state index in [1.54, 1.807) is 23.5 Å². The van der Waals surface area contributed by atoms with Crippen LogP contribution in [0.1, 0.15) is 36.1 Å². The lowest BCUT2D eigenvalue weighted by molar-refractivity contribution is -0.136. The van der Waals surface area contributed by atoms with E-state index in [0.29, 0.717) is 6.54 Å². The van der Waals surface area contributed by atoms with Crippen molar-refractivity contribution in [3.8, 4) is 6.07 Å². The number of amides is 3. The molecule has 1 aliphatic rings. The molecule has 0 aliphatic heterocycles. The van der Waals surface area contributed by atoms with Crippen molar-refractivity contribution in [1.29, 1.82) is 5.26 Å². The number of hydrogen-bond acceptors (Lipinski definition) is 5. The summed E-state index contributed by atoms with van der Waals surface area (Å²) in [6.07, 6.45) is 4.32. The highest BCUT2D eigenvalue weighted by Crippen LogP contribution is 2.42. The number of para-hydroxylation sites is 1. The Labute approximate surface area is 173 Å². The van der Waals surface area contributed by atoms with Crippen LogP contribution < -0.4 is 16.0 Å². The lowest BCUT2D eigenvalue weighted by Gasteiger charge is -2.28. The second-order valence-electron chi connectivity index (χ2n) is 7.04. The fraction of sp³-hybridized carbons (Fsp3) is 0.333. The highest BCUT2D eigenvalue weighted by atomic mass is 32.1. The Bertz CT molecular complexity index is 928. The second-order valence-corrected chi connectivity index (χ2v) is 7.98. The lowest BCUT2D eigenvalue weighted by atomic mass is 9.84. The first-order valence-corrected chi connectivity index (χ1v) is 10.3. The van der Waals surface area contributed by atoms with Crippen molar-refractivity contribution in [2.75, 3.05) is 18.4 Å². The van der Waals surface area contributed by atoms with Crippen LogP contribution in [0, 0.1) is 11.3 Å². The standard InChI is InChI=1S/C21H22N4O3S/c22-12-15-6-1-2-7-16(15)25-20(28)19(27)23-13-18(26)24-14-21(9-3-4-10-21)17-8-5-11-29-17/h1-2,5-8,11H,3-4,9-10,13-14H2,(H,23,27)(H,24,26)(H,25,28). The molecular weight excluding hydrogens is 388 g/mol. The van der Waals surface area contributed by atoms with E-state index in [9.17, 15) is 14.4 Å². The molecule has 1 aromatic heterocycles. The lowest BCUT2D eigenvalue weighted by Crippen LogP contribution is -2.45. The topological polar surface area (TPSA) is 111 Å². The van der Waals surface area contributed by atoms with Crippen LogP contribution in [0.4, 0.5) is 5.69 Å². The number of nitrogens with zero attached hydrogens (tertiary/aromatic N) is 1.